The molecule has 2 aromatic carbocycles. The van der Waals surface area contributed by atoms with Crippen LogP contribution in [0.25, 0.3) is 0 Å². The van der Waals surface area contributed by atoms with Crippen molar-refractivity contribution < 1.29 is 9.59 Å². The minimum Gasteiger partial charge on any atom is -0.325 e. The topological polar surface area (TPSA) is 85.2 Å². The Morgan fingerprint density at radius 3 is 2.42 bits per heavy atom. The summed E-state index contributed by atoms with van der Waals surface area (Å²) in [4.78, 5) is 26.1. The zero-order chi connectivity index (χ0) is 19.1. The van der Waals surface area contributed by atoms with E-state index in [1.54, 1.807) is 67.4 Å². The molecule has 7 heteroatoms. The van der Waals surface area contributed by atoms with Gasteiger partial charge in [-0.1, -0.05) is 23.7 Å². The van der Waals surface area contributed by atoms with Crippen molar-refractivity contribution >= 4 is 34.8 Å². The molecule has 2 amide bonds. The van der Waals surface area contributed by atoms with Crippen LogP contribution in [0.15, 0.2) is 48.5 Å². The lowest BCUT2D eigenvalue weighted by molar-refractivity contribution is -0.122. The van der Waals surface area contributed by atoms with Gasteiger partial charge in [-0.15, -0.1) is 0 Å². The normalized spacial score (nSPS) is 11.5. The number of carbonyl (C=O) groups is 2. The molecule has 0 aromatic heterocycles. The van der Waals surface area contributed by atoms with E-state index in [-0.39, 0.29) is 18.4 Å². The predicted octanol–water partition coefficient (Wildman–Crippen LogP) is 3.11. The third kappa shape index (κ3) is 5.31. The molecule has 0 heterocycles. The van der Waals surface area contributed by atoms with Crippen LogP contribution in [0, 0.1) is 11.3 Å². The molecule has 0 fully saturated rings. The summed E-state index contributed by atoms with van der Waals surface area (Å²) in [5.41, 5.74) is 1.64. The fourth-order valence-corrected chi connectivity index (χ4v) is 2.37. The van der Waals surface area contributed by atoms with Crippen LogP contribution in [-0.2, 0) is 9.59 Å². The minimum atomic E-state index is -0.525. The molecule has 2 aromatic rings. The Bertz CT molecular complexity index is 830. The summed E-state index contributed by atoms with van der Waals surface area (Å²) in [6.45, 7) is 1.74. The molecule has 0 saturated carbocycles. The molecule has 1 atom stereocenters. The highest BCUT2D eigenvalue weighted by atomic mass is 35.5. The number of likely N-dealkylation sites (N-methyl/N-ethyl adjacent to an activating group) is 1. The number of carbonyl (C=O) groups excluding carboxylic acids is 2. The molecule has 2 N–H and O–H groups in total. The van der Waals surface area contributed by atoms with Gasteiger partial charge in [0.1, 0.15) is 0 Å². The van der Waals surface area contributed by atoms with Crippen LogP contribution in [0.3, 0.4) is 0 Å². The number of halogens is 1. The predicted molar refractivity (Wildman–Crippen MR) is 102 cm³/mol. The van der Waals surface area contributed by atoms with Crippen LogP contribution < -0.4 is 10.6 Å². The molecule has 0 radical (unpaired) electrons. The molecular formula is C19H19ClN4O2. The highest BCUT2D eigenvalue weighted by molar-refractivity contribution is 6.33. The molecule has 2 rings (SSSR count). The molecular weight excluding hydrogens is 352 g/mol. The standard InChI is InChI=1S/C19H19ClN4O2/c1-13(19(26)22-15-9-7-14(11-21)8-10-15)24(2)12-18(25)23-17-6-4-3-5-16(17)20/h3-10,13H,12H2,1-2H3,(H,22,26)(H,23,25)/t13-/m1/s1. The first kappa shape index (κ1) is 19.4. The van der Waals surface area contributed by atoms with Crippen LogP contribution >= 0.6 is 11.6 Å². The fraction of sp³-hybridized carbons (Fsp3) is 0.211. The molecule has 0 aliphatic rings. The molecule has 134 valence electrons. The summed E-state index contributed by atoms with van der Waals surface area (Å²) in [7, 11) is 1.69. The minimum absolute atomic E-state index is 0.0349. The van der Waals surface area contributed by atoms with Gasteiger partial charge in [0, 0.05) is 5.69 Å². The third-order valence-corrected chi connectivity index (χ3v) is 4.19. The van der Waals surface area contributed by atoms with Crippen LogP contribution in [0.4, 0.5) is 11.4 Å². The molecule has 0 spiro atoms. The quantitative estimate of drug-likeness (QED) is 0.818. The van der Waals surface area contributed by atoms with E-state index in [2.05, 4.69) is 10.6 Å². The Kier molecular flexibility index (Phi) is 6.73. The van der Waals surface area contributed by atoms with E-state index >= 15 is 0 Å². The number of rotatable bonds is 6. The molecule has 0 aliphatic carbocycles. The van der Waals surface area contributed by atoms with Crippen molar-refractivity contribution in [3.63, 3.8) is 0 Å². The van der Waals surface area contributed by atoms with Gasteiger partial charge in [0.25, 0.3) is 0 Å². The van der Waals surface area contributed by atoms with Crippen molar-refractivity contribution in [2.45, 2.75) is 13.0 Å². The van der Waals surface area contributed by atoms with Crippen LogP contribution in [0.5, 0.6) is 0 Å². The van der Waals surface area contributed by atoms with E-state index in [0.717, 1.165) is 0 Å². The Morgan fingerprint density at radius 2 is 1.81 bits per heavy atom. The van der Waals surface area contributed by atoms with Gasteiger partial charge in [0.2, 0.25) is 11.8 Å². The number of benzene rings is 2. The van der Waals surface area contributed by atoms with Crippen LogP contribution in [0.2, 0.25) is 5.02 Å². The smallest absolute Gasteiger partial charge is 0.241 e. The van der Waals surface area contributed by atoms with Gasteiger partial charge >= 0.3 is 0 Å². The molecule has 0 saturated heterocycles. The molecule has 6 nitrogen and oxygen atoms in total. The number of nitrogens with zero attached hydrogens (tertiary/aromatic N) is 2. The van der Waals surface area contributed by atoms with Gasteiger partial charge in [-0.05, 0) is 50.4 Å². The van der Waals surface area contributed by atoms with Gasteiger partial charge in [-0.25, -0.2) is 0 Å². The first-order valence-corrected chi connectivity index (χ1v) is 8.34. The zero-order valence-corrected chi connectivity index (χ0v) is 15.2. The molecule has 26 heavy (non-hydrogen) atoms. The molecule has 0 bridgehead atoms. The Balaban J connectivity index is 1.90. The number of para-hydroxylation sites is 1. The van der Waals surface area contributed by atoms with Gasteiger partial charge in [-0.2, -0.15) is 5.26 Å². The summed E-state index contributed by atoms with van der Waals surface area (Å²) in [5.74, 6) is -0.513. The molecule has 0 aliphatic heterocycles. The first-order valence-electron chi connectivity index (χ1n) is 7.96. The largest absolute Gasteiger partial charge is 0.325 e. The van der Waals surface area contributed by atoms with Crippen molar-refractivity contribution in [1.29, 1.82) is 5.26 Å². The maximum Gasteiger partial charge on any atom is 0.241 e. The molecule has 0 unspecified atom stereocenters. The van der Waals surface area contributed by atoms with Crippen molar-refractivity contribution in [2.24, 2.45) is 0 Å². The highest BCUT2D eigenvalue weighted by Crippen LogP contribution is 2.20. The van der Waals surface area contributed by atoms with E-state index in [4.69, 9.17) is 16.9 Å². The number of anilines is 2. The number of amides is 2. The van der Waals surface area contributed by atoms with E-state index in [0.29, 0.717) is 22.0 Å². The van der Waals surface area contributed by atoms with E-state index < -0.39 is 6.04 Å². The second kappa shape index (κ2) is 8.99. The number of nitrogens with one attached hydrogen (secondary N) is 2. The highest BCUT2D eigenvalue weighted by Gasteiger charge is 2.20. The fourth-order valence-electron chi connectivity index (χ4n) is 2.19. The average molecular weight is 371 g/mol. The summed E-state index contributed by atoms with van der Waals surface area (Å²) in [5, 5.41) is 14.7. The summed E-state index contributed by atoms with van der Waals surface area (Å²) in [6, 6.07) is 15.0. The van der Waals surface area contributed by atoms with Crippen molar-refractivity contribution in [1.82, 2.24) is 4.90 Å². The van der Waals surface area contributed by atoms with Gasteiger partial charge in [0.05, 0.1) is 34.9 Å². The summed E-state index contributed by atoms with van der Waals surface area (Å²) in [6.07, 6.45) is 0. The Hall–Kier alpha value is -2.88. The third-order valence-electron chi connectivity index (χ3n) is 3.86. The monoisotopic (exact) mass is 370 g/mol. The summed E-state index contributed by atoms with van der Waals surface area (Å²) >= 11 is 6.02. The number of hydrogen-bond donors (Lipinski definition) is 2. The van der Waals surface area contributed by atoms with E-state index in [9.17, 15) is 9.59 Å². The van der Waals surface area contributed by atoms with Gasteiger partial charge < -0.3 is 10.6 Å². The van der Waals surface area contributed by atoms with Gasteiger partial charge in [0.15, 0.2) is 0 Å². The number of nitriles is 1. The zero-order valence-electron chi connectivity index (χ0n) is 14.5. The van der Waals surface area contributed by atoms with Gasteiger partial charge in [-0.3, -0.25) is 14.5 Å². The lowest BCUT2D eigenvalue weighted by atomic mass is 10.2. The van der Waals surface area contributed by atoms with Crippen LogP contribution in [0.1, 0.15) is 12.5 Å². The lowest BCUT2D eigenvalue weighted by Gasteiger charge is -2.23. The van der Waals surface area contributed by atoms with E-state index in [1.807, 2.05) is 6.07 Å². The van der Waals surface area contributed by atoms with Crippen molar-refractivity contribution in [2.75, 3.05) is 24.2 Å². The maximum atomic E-state index is 12.3. The average Bonchev–Trinajstić information content (AvgIpc) is 2.63. The van der Waals surface area contributed by atoms with E-state index in [1.165, 1.54) is 0 Å². The second-order valence-electron chi connectivity index (χ2n) is 5.80. The van der Waals surface area contributed by atoms with Crippen molar-refractivity contribution in [3.05, 3.63) is 59.1 Å². The summed E-state index contributed by atoms with van der Waals surface area (Å²) < 4.78 is 0. The SMILES string of the molecule is C[C@H](C(=O)Nc1ccc(C#N)cc1)N(C)CC(=O)Nc1ccccc1Cl. The maximum absolute atomic E-state index is 12.3. The Morgan fingerprint density at radius 1 is 1.15 bits per heavy atom. The lowest BCUT2D eigenvalue weighted by Crippen LogP contribution is -2.43. The second-order valence-corrected chi connectivity index (χ2v) is 6.20. The van der Waals surface area contributed by atoms with Crippen molar-refractivity contribution in [3.8, 4) is 6.07 Å². The first-order chi connectivity index (χ1) is 12.4. The Labute approximate surface area is 157 Å². The number of hydrogen-bond acceptors (Lipinski definition) is 4. The van der Waals surface area contributed by atoms with Crippen LogP contribution in [-0.4, -0.2) is 36.3 Å².